The Morgan fingerprint density at radius 3 is 2.89 bits per heavy atom. The molecule has 2 atom stereocenters. The largest absolute Gasteiger partial charge is 0.383 e. The van der Waals surface area contributed by atoms with Gasteiger partial charge in [0, 0.05) is 45.9 Å². The van der Waals surface area contributed by atoms with Crippen molar-refractivity contribution in [1.82, 2.24) is 15.1 Å². The summed E-state index contributed by atoms with van der Waals surface area (Å²) in [4.78, 5) is 16.8. The molecule has 5 nitrogen and oxygen atoms in total. The van der Waals surface area contributed by atoms with Crippen LogP contribution in [0.2, 0.25) is 0 Å². The number of nitrogens with zero attached hydrogens (tertiary/aromatic N) is 2. The maximum Gasteiger partial charge on any atom is 0.227 e. The first-order valence-corrected chi connectivity index (χ1v) is 6.95. The SMILES string of the molecule is COCCN1CCN(C(=O)C2CCNC2)CC1C. The fourth-order valence-corrected chi connectivity index (χ4v) is 2.86. The van der Waals surface area contributed by atoms with Crippen molar-refractivity contribution in [1.29, 1.82) is 0 Å². The Balaban J connectivity index is 1.81. The van der Waals surface area contributed by atoms with Gasteiger partial charge < -0.3 is 15.0 Å². The molecule has 0 saturated carbocycles. The Morgan fingerprint density at radius 1 is 1.44 bits per heavy atom. The number of nitrogens with one attached hydrogen (secondary N) is 1. The van der Waals surface area contributed by atoms with Gasteiger partial charge in [-0.3, -0.25) is 9.69 Å². The molecule has 2 aliphatic heterocycles. The summed E-state index contributed by atoms with van der Waals surface area (Å²) in [7, 11) is 1.73. The third kappa shape index (κ3) is 3.22. The highest BCUT2D eigenvalue weighted by molar-refractivity contribution is 5.79. The van der Waals surface area contributed by atoms with E-state index in [2.05, 4.69) is 17.1 Å². The molecule has 0 spiro atoms. The fraction of sp³-hybridized carbons (Fsp3) is 0.923. The number of amides is 1. The molecule has 1 N–H and O–H groups in total. The van der Waals surface area contributed by atoms with Crippen LogP contribution in [0.5, 0.6) is 0 Å². The van der Waals surface area contributed by atoms with E-state index in [9.17, 15) is 4.79 Å². The van der Waals surface area contributed by atoms with Crippen molar-refractivity contribution >= 4 is 5.91 Å². The van der Waals surface area contributed by atoms with E-state index in [4.69, 9.17) is 4.74 Å². The number of carbonyl (C=O) groups is 1. The minimum atomic E-state index is 0.211. The van der Waals surface area contributed by atoms with Gasteiger partial charge in [0.15, 0.2) is 0 Å². The molecule has 0 bridgehead atoms. The molecule has 104 valence electrons. The standard InChI is InChI=1S/C13H25N3O2/c1-11-10-16(6-5-15(11)7-8-18-2)13(17)12-3-4-14-9-12/h11-12,14H,3-10H2,1-2H3. The summed E-state index contributed by atoms with van der Waals surface area (Å²) in [6.07, 6.45) is 0.997. The predicted octanol–water partition coefficient (Wildman–Crippen LogP) is -0.225. The Labute approximate surface area is 109 Å². The molecule has 0 aliphatic carbocycles. The second-order valence-electron chi connectivity index (χ2n) is 5.35. The zero-order chi connectivity index (χ0) is 13.0. The number of carbonyl (C=O) groups excluding carboxylic acids is 1. The van der Waals surface area contributed by atoms with E-state index in [0.717, 1.165) is 52.3 Å². The van der Waals surface area contributed by atoms with Gasteiger partial charge in [-0.15, -0.1) is 0 Å². The quantitative estimate of drug-likeness (QED) is 0.754. The maximum absolute atomic E-state index is 12.3. The van der Waals surface area contributed by atoms with Gasteiger partial charge in [-0.1, -0.05) is 0 Å². The van der Waals surface area contributed by atoms with Gasteiger partial charge in [0.05, 0.1) is 12.5 Å². The monoisotopic (exact) mass is 255 g/mol. The summed E-state index contributed by atoms with van der Waals surface area (Å²) >= 11 is 0. The smallest absolute Gasteiger partial charge is 0.227 e. The van der Waals surface area contributed by atoms with Gasteiger partial charge in [0.2, 0.25) is 5.91 Å². The topological polar surface area (TPSA) is 44.8 Å². The highest BCUT2D eigenvalue weighted by Gasteiger charge is 2.31. The van der Waals surface area contributed by atoms with Crippen LogP contribution in [0.15, 0.2) is 0 Å². The predicted molar refractivity (Wildman–Crippen MR) is 70.5 cm³/mol. The molecule has 2 fully saturated rings. The third-order valence-electron chi connectivity index (χ3n) is 4.07. The normalized spacial score (nSPS) is 29.8. The van der Waals surface area contributed by atoms with Gasteiger partial charge in [-0.05, 0) is 19.9 Å². The number of methoxy groups -OCH3 is 1. The highest BCUT2D eigenvalue weighted by Crippen LogP contribution is 2.16. The second-order valence-corrected chi connectivity index (χ2v) is 5.35. The van der Waals surface area contributed by atoms with Gasteiger partial charge in [0.25, 0.3) is 0 Å². The van der Waals surface area contributed by atoms with E-state index in [-0.39, 0.29) is 5.92 Å². The summed E-state index contributed by atoms with van der Waals surface area (Å²) < 4.78 is 5.12. The van der Waals surface area contributed by atoms with E-state index in [0.29, 0.717) is 11.9 Å². The molecule has 0 aromatic rings. The molecular weight excluding hydrogens is 230 g/mol. The lowest BCUT2D eigenvalue weighted by atomic mass is 10.1. The van der Waals surface area contributed by atoms with Gasteiger partial charge >= 0.3 is 0 Å². The first-order chi connectivity index (χ1) is 8.72. The van der Waals surface area contributed by atoms with E-state index >= 15 is 0 Å². The lowest BCUT2D eigenvalue weighted by Gasteiger charge is -2.40. The lowest BCUT2D eigenvalue weighted by Crippen LogP contribution is -2.55. The van der Waals surface area contributed by atoms with Crippen LogP contribution in [0, 0.1) is 5.92 Å². The number of hydrogen-bond donors (Lipinski definition) is 1. The van der Waals surface area contributed by atoms with Crippen molar-refractivity contribution in [3.8, 4) is 0 Å². The van der Waals surface area contributed by atoms with Gasteiger partial charge in [-0.2, -0.15) is 0 Å². The average Bonchev–Trinajstić information content (AvgIpc) is 2.90. The van der Waals surface area contributed by atoms with Crippen LogP contribution in [-0.4, -0.2) is 74.7 Å². The zero-order valence-corrected chi connectivity index (χ0v) is 11.5. The summed E-state index contributed by atoms with van der Waals surface area (Å²) in [6.45, 7) is 8.47. The van der Waals surface area contributed by atoms with Crippen LogP contribution in [0.25, 0.3) is 0 Å². The van der Waals surface area contributed by atoms with Crippen molar-refractivity contribution in [3.63, 3.8) is 0 Å². The Hall–Kier alpha value is -0.650. The summed E-state index contributed by atoms with van der Waals surface area (Å²) in [5.41, 5.74) is 0. The molecule has 2 rings (SSSR count). The molecule has 2 saturated heterocycles. The number of hydrogen-bond acceptors (Lipinski definition) is 4. The van der Waals surface area contributed by atoms with Crippen molar-refractivity contribution < 1.29 is 9.53 Å². The van der Waals surface area contributed by atoms with Crippen LogP contribution < -0.4 is 5.32 Å². The van der Waals surface area contributed by atoms with Crippen LogP contribution in [0.4, 0.5) is 0 Å². The van der Waals surface area contributed by atoms with Gasteiger partial charge in [-0.25, -0.2) is 0 Å². The van der Waals surface area contributed by atoms with E-state index < -0.39 is 0 Å². The van der Waals surface area contributed by atoms with Crippen molar-refractivity contribution in [3.05, 3.63) is 0 Å². The molecule has 0 aromatic carbocycles. The first kappa shape index (κ1) is 13.8. The molecule has 1 amide bonds. The number of piperazine rings is 1. The molecule has 5 heteroatoms. The molecule has 0 radical (unpaired) electrons. The Morgan fingerprint density at radius 2 is 2.28 bits per heavy atom. The van der Waals surface area contributed by atoms with Gasteiger partial charge in [0.1, 0.15) is 0 Å². The minimum Gasteiger partial charge on any atom is -0.383 e. The summed E-state index contributed by atoms with van der Waals surface area (Å²) in [5.74, 6) is 0.556. The van der Waals surface area contributed by atoms with Crippen LogP contribution in [0.3, 0.4) is 0 Å². The molecule has 0 aromatic heterocycles. The fourth-order valence-electron chi connectivity index (χ4n) is 2.86. The lowest BCUT2D eigenvalue weighted by molar-refractivity contribution is -0.137. The van der Waals surface area contributed by atoms with Crippen LogP contribution >= 0.6 is 0 Å². The maximum atomic E-state index is 12.3. The Bertz CT molecular complexity index is 279. The van der Waals surface area contributed by atoms with Crippen LogP contribution in [0.1, 0.15) is 13.3 Å². The minimum absolute atomic E-state index is 0.211. The van der Waals surface area contributed by atoms with Crippen molar-refractivity contribution in [2.45, 2.75) is 19.4 Å². The average molecular weight is 255 g/mol. The Kier molecular flexibility index (Phi) is 4.97. The summed E-state index contributed by atoms with van der Waals surface area (Å²) in [5, 5.41) is 3.27. The first-order valence-electron chi connectivity index (χ1n) is 6.95. The van der Waals surface area contributed by atoms with E-state index in [1.165, 1.54) is 0 Å². The third-order valence-corrected chi connectivity index (χ3v) is 4.07. The van der Waals surface area contributed by atoms with Crippen LogP contribution in [-0.2, 0) is 9.53 Å². The van der Waals surface area contributed by atoms with Crippen molar-refractivity contribution in [2.75, 3.05) is 53.0 Å². The molecule has 2 aliphatic rings. The zero-order valence-electron chi connectivity index (χ0n) is 11.5. The molecule has 2 unspecified atom stereocenters. The molecular formula is C13H25N3O2. The summed E-state index contributed by atoms with van der Waals surface area (Å²) in [6, 6.07) is 0.437. The molecule has 2 heterocycles. The molecule has 18 heavy (non-hydrogen) atoms. The van der Waals surface area contributed by atoms with E-state index in [1.54, 1.807) is 7.11 Å². The van der Waals surface area contributed by atoms with E-state index in [1.807, 2.05) is 4.90 Å². The highest BCUT2D eigenvalue weighted by atomic mass is 16.5. The number of rotatable bonds is 4. The number of ether oxygens (including phenoxy) is 1. The second kappa shape index (κ2) is 6.50. The van der Waals surface area contributed by atoms with Crippen molar-refractivity contribution in [2.24, 2.45) is 5.92 Å².